The monoisotopic (exact) mass is 289 g/mol. The highest BCUT2D eigenvalue weighted by atomic mass is 79.9. The van der Waals surface area contributed by atoms with E-state index in [-0.39, 0.29) is 0 Å². The molecule has 0 radical (unpaired) electrons. The van der Waals surface area contributed by atoms with Gasteiger partial charge in [0.05, 0.1) is 9.89 Å². The van der Waals surface area contributed by atoms with Gasteiger partial charge in [0.1, 0.15) is 0 Å². The normalized spacial score (nSPS) is 25.2. The lowest BCUT2D eigenvalue weighted by Crippen LogP contribution is -2.45. The maximum Gasteiger partial charge on any atom is 0.0701 e. The SMILES string of the molecule is COC1CC(NCCc2ccc(Br)s2)C1. The van der Waals surface area contributed by atoms with Gasteiger partial charge in [-0.05, 0) is 47.3 Å². The molecule has 0 saturated heterocycles. The van der Waals surface area contributed by atoms with Crippen LogP contribution in [0.25, 0.3) is 0 Å². The van der Waals surface area contributed by atoms with Crippen molar-refractivity contribution in [3.05, 3.63) is 20.8 Å². The number of nitrogens with one attached hydrogen (secondary N) is 1. The van der Waals surface area contributed by atoms with E-state index >= 15 is 0 Å². The summed E-state index contributed by atoms with van der Waals surface area (Å²) in [6.45, 7) is 1.08. The first-order valence-electron chi connectivity index (χ1n) is 5.28. The van der Waals surface area contributed by atoms with Crippen molar-refractivity contribution >= 4 is 27.3 Å². The molecule has 2 rings (SSSR count). The Balaban J connectivity index is 1.60. The van der Waals surface area contributed by atoms with Crippen LogP contribution in [0.15, 0.2) is 15.9 Å². The lowest BCUT2D eigenvalue weighted by Gasteiger charge is -2.34. The van der Waals surface area contributed by atoms with Gasteiger partial charge in [0.2, 0.25) is 0 Å². The van der Waals surface area contributed by atoms with Gasteiger partial charge >= 0.3 is 0 Å². The van der Waals surface area contributed by atoms with Crippen molar-refractivity contribution in [1.29, 1.82) is 0 Å². The maximum atomic E-state index is 5.24. The summed E-state index contributed by atoms with van der Waals surface area (Å²) in [6, 6.07) is 4.98. The predicted octanol–water partition coefficient (Wildman–Crippen LogP) is 2.82. The first-order chi connectivity index (χ1) is 7.28. The standard InChI is InChI=1S/C11H16BrNOS/c1-14-9-6-8(7-9)13-5-4-10-2-3-11(12)15-10/h2-3,8-9,13H,4-7H2,1H3. The number of ether oxygens (including phenoxy) is 1. The Hall–Kier alpha value is 0.1000. The Morgan fingerprint density at radius 3 is 2.93 bits per heavy atom. The summed E-state index contributed by atoms with van der Waals surface area (Å²) >= 11 is 5.30. The molecule has 2 nitrogen and oxygen atoms in total. The smallest absolute Gasteiger partial charge is 0.0701 e. The van der Waals surface area contributed by atoms with Crippen LogP contribution in [0, 0.1) is 0 Å². The van der Waals surface area contributed by atoms with Gasteiger partial charge in [0.15, 0.2) is 0 Å². The van der Waals surface area contributed by atoms with Crippen LogP contribution in [0.1, 0.15) is 17.7 Å². The summed E-state index contributed by atoms with van der Waals surface area (Å²) < 4.78 is 6.46. The average Bonchev–Trinajstić information content (AvgIpc) is 2.55. The number of halogens is 1. The molecule has 1 aromatic rings. The third-order valence-electron chi connectivity index (χ3n) is 2.86. The van der Waals surface area contributed by atoms with Crippen molar-refractivity contribution in [3.8, 4) is 0 Å². The molecule has 0 unspecified atom stereocenters. The Morgan fingerprint density at radius 2 is 2.33 bits per heavy atom. The van der Waals surface area contributed by atoms with E-state index in [1.807, 2.05) is 11.3 Å². The molecule has 1 aliphatic rings. The van der Waals surface area contributed by atoms with Crippen LogP contribution in [0.5, 0.6) is 0 Å². The molecule has 1 aromatic heterocycles. The predicted molar refractivity (Wildman–Crippen MR) is 67.5 cm³/mol. The fraction of sp³-hybridized carbons (Fsp3) is 0.636. The van der Waals surface area contributed by atoms with E-state index in [2.05, 4.69) is 33.4 Å². The molecule has 1 saturated carbocycles. The number of hydrogen-bond donors (Lipinski definition) is 1. The molecule has 0 atom stereocenters. The average molecular weight is 290 g/mol. The van der Waals surface area contributed by atoms with Crippen molar-refractivity contribution in [3.63, 3.8) is 0 Å². The first kappa shape index (κ1) is 11.6. The molecule has 1 heterocycles. The highest BCUT2D eigenvalue weighted by Gasteiger charge is 2.27. The maximum absolute atomic E-state index is 5.24. The minimum absolute atomic E-state index is 0.499. The minimum atomic E-state index is 0.499. The topological polar surface area (TPSA) is 21.3 Å². The molecular weight excluding hydrogens is 274 g/mol. The third kappa shape index (κ3) is 3.28. The number of hydrogen-bond acceptors (Lipinski definition) is 3. The van der Waals surface area contributed by atoms with Gasteiger partial charge < -0.3 is 10.1 Å². The molecule has 15 heavy (non-hydrogen) atoms. The quantitative estimate of drug-likeness (QED) is 0.900. The zero-order valence-corrected chi connectivity index (χ0v) is 11.2. The highest BCUT2D eigenvalue weighted by molar-refractivity contribution is 9.11. The molecule has 0 amide bonds. The van der Waals surface area contributed by atoms with Crippen LogP contribution in [0.2, 0.25) is 0 Å². The van der Waals surface area contributed by atoms with Gasteiger partial charge in [-0.3, -0.25) is 0 Å². The minimum Gasteiger partial charge on any atom is -0.381 e. The van der Waals surface area contributed by atoms with Crippen molar-refractivity contribution in [2.45, 2.75) is 31.4 Å². The molecular formula is C11H16BrNOS. The Labute approximate surface area is 103 Å². The fourth-order valence-electron chi connectivity index (χ4n) is 1.81. The second-order valence-electron chi connectivity index (χ2n) is 3.94. The molecule has 0 bridgehead atoms. The molecule has 1 fully saturated rings. The summed E-state index contributed by atoms with van der Waals surface area (Å²) in [5, 5.41) is 3.55. The molecule has 1 N–H and O–H groups in total. The summed E-state index contributed by atoms with van der Waals surface area (Å²) in [4.78, 5) is 1.44. The highest BCUT2D eigenvalue weighted by Crippen LogP contribution is 2.24. The molecule has 0 spiro atoms. The fourth-order valence-corrected chi connectivity index (χ4v) is 3.29. The Morgan fingerprint density at radius 1 is 1.53 bits per heavy atom. The summed E-state index contributed by atoms with van der Waals surface area (Å²) in [6.07, 6.45) is 3.97. The van der Waals surface area contributed by atoms with Gasteiger partial charge in [-0.2, -0.15) is 0 Å². The summed E-state index contributed by atoms with van der Waals surface area (Å²) in [7, 11) is 1.80. The zero-order valence-electron chi connectivity index (χ0n) is 8.83. The van der Waals surface area contributed by atoms with Crippen LogP contribution < -0.4 is 5.32 Å². The van der Waals surface area contributed by atoms with E-state index in [0.29, 0.717) is 12.1 Å². The number of thiophene rings is 1. The Kier molecular flexibility index (Phi) is 4.20. The number of methoxy groups -OCH3 is 1. The Bertz CT molecular complexity index is 309. The molecule has 0 aromatic carbocycles. The lowest BCUT2D eigenvalue weighted by atomic mass is 9.89. The van der Waals surface area contributed by atoms with Gasteiger partial charge in [-0.25, -0.2) is 0 Å². The van der Waals surface area contributed by atoms with Crippen LogP contribution in [-0.4, -0.2) is 25.8 Å². The van der Waals surface area contributed by atoms with Crippen LogP contribution >= 0.6 is 27.3 Å². The van der Waals surface area contributed by atoms with E-state index in [9.17, 15) is 0 Å². The van der Waals surface area contributed by atoms with E-state index in [1.54, 1.807) is 7.11 Å². The second kappa shape index (κ2) is 5.43. The van der Waals surface area contributed by atoms with Gasteiger partial charge in [0, 0.05) is 24.6 Å². The number of rotatable bonds is 5. The zero-order chi connectivity index (χ0) is 10.7. The van der Waals surface area contributed by atoms with Crippen LogP contribution in [0.4, 0.5) is 0 Å². The van der Waals surface area contributed by atoms with Crippen LogP contribution in [0.3, 0.4) is 0 Å². The van der Waals surface area contributed by atoms with E-state index in [0.717, 1.165) is 13.0 Å². The van der Waals surface area contributed by atoms with Gasteiger partial charge in [-0.15, -0.1) is 11.3 Å². The summed E-state index contributed by atoms with van der Waals surface area (Å²) in [5.41, 5.74) is 0. The van der Waals surface area contributed by atoms with E-state index < -0.39 is 0 Å². The van der Waals surface area contributed by atoms with Gasteiger partial charge in [-0.1, -0.05) is 0 Å². The van der Waals surface area contributed by atoms with Crippen LogP contribution in [-0.2, 0) is 11.2 Å². The van der Waals surface area contributed by atoms with Crippen molar-refractivity contribution in [1.82, 2.24) is 5.32 Å². The van der Waals surface area contributed by atoms with Gasteiger partial charge in [0.25, 0.3) is 0 Å². The van der Waals surface area contributed by atoms with Crippen molar-refractivity contribution < 1.29 is 4.74 Å². The lowest BCUT2D eigenvalue weighted by molar-refractivity contribution is 0.0177. The third-order valence-corrected chi connectivity index (χ3v) is 4.54. The second-order valence-corrected chi connectivity index (χ2v) is 6.48. The molecule has 84 valence electrons. The molecule has 1 aliphatic carbocycles. The van der Waals surface area contributed by atoms with Crippen molar-refractivity contribution in [2.75, 3.05) is 13.7 Å². The molecule has 0 aliphatic heterocycles. The largest absolute Gasteiger partial charge is 0.381 e. The van der Waals surface area contributed by atoms with E-state index in [4.69, 9.17) is 4.74 Å². The van der Waals surface area contributed by atoms with E-state index in [1.165, 1.54) is 21.5 Å². The summed E-state index contributed by atoms with van der Waals surface area (Å²) in [5.74, 6) is 0. The first-order valence-corrected chi connectivity index (χ1v) is 6.89. The van der Waals surface area contributed by atoms with Crippen molar-refractivity contribution in [2.24, 2.45) is 0 Å². The molecule has 4 heteroatoms.